The molecule has 8 heteroatoms. The van der Waals surface area contributed by atoms with Crippen molar-refractivity contribution in [3.8, 4) is 5.75 Å². The third kappa shape index (κ3) is 4.69. The van der Waals surface area contributed by atoms with Gasteiger partial charge < -0.3 is 15.9 Å². The molecule has 1 heterocycles. The summed E-state index contributed by atoms with van der Waals surface area (Å²) in [4.78, 5) is 12.0. The first-order valence-corrected chi connectivity index (χ1v) is 9.71. The maximum absolute atomic E-state index is 12.0. The van der Waals surface area contributed by atoms with Gasteiger partial charge in [-0.2, -0.15) is 0 Å². The van der Waals surface area contributed by atoms with Gasteiger partial charge in [0.05, 0.1) is 5.25 Å². The van der Waals surface area contributed by atoms with Crippen molar-refractivity contribution in [2.24, 2.45) is 0 Å². The largest absolute Gasteiger partial charge is 0.486 e. The average Bonchev–Trinajstić information content (AvgIpc) is 3.37. The van der Waals surface area contributed by atoms with E-state index in [4.69, 9.17) is 10.6 Å². The Hall–Kier alpha value is -2.22. The first kappa shape index (κ1) is 18.6. The SMILES string of the molecule is CC(C)c1ccc(OCc2nnc(S[C@H](C)C(=O)NC3CC3)n2N)cc1. The number of aromatic nitrogens is 3. The van der Waals surface area contributed by atoms with E-state index < -0.39 is 0 Å². The van der Waals surface area contributed by atoms with E-state index in [2.05, 4.69) is 41.5 Å². The number of nitrogens with one attached hydrogen (secondary N) is 1. The van der Waals surface area contributed by atoms with Gasteiger partial charge in [0.2, 0.25) is 11.1 Å². The first-order chi connectivity index (χ1) is 12.4. The van der Waals surface area contributed by atoms with Crippen molar-refractivity contribution in [3.05, 3.63) is 35.7 Å². The molecule has 0 spiro atoms. The maximum atomic E-state index is 12.0. The quantitative estimate of drug-likeness (QED) is 0.544. The van der Waals surface area contributed by atoms with Gasteiger partial charge in [0.1, 0.15) is 12.4 Å². The van der Waals surface area contributed by atoms with Crippen molar-refractivity contribution < 1.29 is 9.53 Å². The zero-order valence-electron chi connectivity index (χ0n) is 15.3. The number of benzene rings is 1. The fraction of sp³-hybridized carbons (Fsp3) is 0.500. The number of nitrogens with two attached hydrogens (primary N) is 1. The monoisotopic (exact) mass is 375 g/mol. The normalized spacial score (nSPS) is 15.1. The van der Waals surface area contributed by atoms with Crippen LogP contribution >= 0.6 is 11.8 Å². The number of hydrogen-bond donors (Lipinski definition) is 2. The number of hydrogen-bond acceptors (Lipinski definition) is 6. The molecule has 0 unspecified atom stereocenters. The highest BCUT2D eigenvalue weighted by Crippen LogP contribution is 2.24. The summed E-state index contributed by atoms with van der Waals surface area (Å²) in [5.74, 6) is 7.80. The Morgan fingerprint density at radius 2 is 2.00 bits per heavy atom. The van der Waals surface area contributed by atoms with E-state index >= 15 is 0 Å². The van der Waals surface area contributed by atoms with E-state index in [0.29, 0.717) is 22.9 Å². The molecule has 0 radical (unpaired) electrons. The standard InChI is InChI=1S/C18H25N5O2S/c1-11(2)13-4-8-15(9-5-13)25-10-16-21-22-18(23(16)19)26-12(3)17(24)20-14-6-7-14/h4-5,8-9,11-12,14H,6-7,10,19H2,1-3H3,(H,20,24)/t12-/m1/s1. The molecular formula is C18H25N5O2S. The maximum Gasteiger partial charge on any atom is 0.233 e. The van der Waals surface area contributed by atoms with Crippen LogP contribution in [0.5, 0.6) is 5.75 Å². The molecule has 2 aromatic rings. The molecule has 26 heavy (non-hydrogen) atoms. The molecular weight excluding hydrogens is 350 g/mol. The minimum atomic E-state index is -0.278. The minimum Gasteiger partial charge on any atom is -0.486 e. The number of nitrogens with zero attached hydrogens (tertiary/aromatic N) is 3. The Morgan fingerprint density at radius 3 is 2.62 bits per heavy atom. The van der Waals surface area contributed by atoms with E-state index in [-0.39, 0.29) is 17.8 Å². The number of carbonyl (C=O) groups is 1. The lowest BCUT2D eigenvalue weighted by Crippen LogP contribution is -2.32. The second-order valence-electron chi connectivity index (χ2n) is 6.82. The topological polar surface area (TPSA) is 95.1 Å². The van der Waals surface area contributed by atoms with Gasteiger partial charge in [-0.1, -0.05) is 37.7 Å². The Kier molecular flexibility index (Phi) is 5.70. The summed E-state index contributed by atoms with van der Waals surface area (Å²) in [6.07, 6.45) is 2.13. The Labute approximate surface area is 157 Å². The lowest BCUT2D eigenvalue weighted by Gasteiger charge is -2.11. The third-order valence-corrected chi connectivity index (χ3v) is 5.28. The fourth-order valence-corrected chi connectivity index (χ4v) is 3.14. The lowest BCUT2D eigenvalue weighted by atomic mass is 10.0. The van der Waals surface area contributed by atoms with Gasteiger partial charge in [0.15, 0.2) is 5.82 Å². The molecule has 1 atom stereocenters. The predicted molar refractivity (Wildman–Crippen MR) is 102 cm³/mol. The van der Waals surface area contributed by atoms with Crippen LogP contribution in [0.3, 0.4) is 0 Å². The highest BCUT2D eigenvalue weighted by atomic mass is 32.2. The summed E-state index contributed by atoms with van der Waals surface area (Å²) in [7, 11) is 0. The van der Waals surface area contributed by atoms with Crippen LogP contribution in [0.2, 0.25) is 0 Å². The fourth-order valence-electron chi connectivity index (χ4n) is 2.34. The van der Waals surface area contributed by atoms with Crippen molar-refractivity contribution in [2.45, 2.75) is 62.6 Å². The van der Waals surface area contributed by atoms with Crippen LogP contribution in [0, 0.1) is 0 Å². The molecule has 3 N–H and O–H groups in total. The van der Waals surface area contributed by atoms with Gasteiger partial charge in [-0.25, -0.2) is 4.68 Å². The number of amides is 1. The van der Waals surface area contributed by atoms with E-state index in [1.54, 1.807) is 0 Å². The molecule has 0 aliphatic heterocycles. The molecule has 1 saturated carbocycles. The molecule has 1 aliphatic carbocycles. The average molecular weight is 375 g/mol. The molecule has 1 aliphatic rings. The van der Waals surface area contributed by atoms with Crippen LogP contribution in [0.4, 0.5) is 0 Å². The van der Waals surface area contributed by atoms with Crippen molar-refractivity contribution in [1.82, 2.24) is 20.2 Å². The minimum absolute atomic E-state index is 0.00328. The summed E-state index contributed by atoms with van der Waals surface area (Å²) >= 11 is 1.29. The van der Waals surface area contributed by atoms with Crippen molar-refractivity contribution >= 4 is 17.7 Å². The van der Waals surface area contributed by atoms with Crippen molar-refractivity contribution in [3.63, 3.8) is 0 Å². The van der Waals surface area contributed by atoms with E-state index in [9.17, 15) is 4.79 Å². The van der Waals surface area contributed by atoms with Crippen LogP contribution < -0.4 is 15.9 Å². The predicted octanol–water partition coefficient (Wildman–Crippen LogP) is 2.45. The van der Waals surface area contributed by atoms with Gasteiger partial charge in [0.25, 0.3) is 0 Å². The molecule has 0 bridgehead atoms. The first-order valence-electron chi connectivity index (χ1n) is 8.83. The van der Waals surface area contributed by atoms with Crippen LogP contribution in [-0.2, 0) is 11.4 Å². The van der Waals surface area contributed by atoms with Gasteiger partial charge in [-0.05, 0) is 43.4 Å². The van der Waals surface area contributed by atoms with Crippen LogP contribution in [0.15, 0.2) is 29.4 Å². The zero-order chi connectivity index (χ0) is 18.7. The smallest absolute Gasteiger partial charge is 0.233 e. The number of carbonyl (C=O) groups excluding carboxylic acids is 1. The van der Waals surface area contributed by atoms with Crippen LogP contribution in [0.25, 0.3) is 0 Å². The third-order valence-electron chi connectivity index (χ3n) is 4.22. The Morgan fingerprint density at radius 1 is 1.31 bits per heavy atom. The van der Waals surface area contributed by atoms with Gasteiger partial charge in [-0.3, -0.25) is 4.79 Å². The van der Waals surface area contributed by atoms with E-state index in [1.165, 1.54) is 22.0 Å². The summed E-state index contributed by atoms with van der Waals surface area (Å²) in [5, 5.41) is 11.3. The molecule has 1 amide bonds. The molecule has 1 aromatic heterocycles. The molecule has 7 nitrogen and oxygen atoms in total. The molecule has 0 saturated heterocycles. The summed E-state index contributed by atoms with van der Waals surface area (Å²) in [6.45, 7) is 6.35. The second kappa shape index (κ2) is 7.99. The second-order valence-corrected chi connectivity index (χ2v) is 8.13. The number of rotatable bonds is 8. The lowest BCUT2D eigenvalue weighted by molar-refractivity contribution is -0.120. The molecule has 3 rings (SSSR count). The highest BCUT2D eigenvalue weighted by Gasteiger charge is 2.27. The van der Waals surface area contributed by atoms with Crippen LogP contribution in [-0.4, -0.2) is 32.1 Å². The van der Waals surface area contributed by atoms with E-state index in [1.807, 2.05) is 19.1 Å². The van der Waals surface area contributed by atoms with E-state index in [0.717, 1.165) is 18.6 Å². The summed E-state index contributed by atoms with van der Waals surface area (Å²) < 4.78 is 7.13. The van der Waals surface area contributed by atoms with Crippen molar-refractivity contribution in [2.75, 3.05) is 5.84 Å². The zero-order valence-corrected chi connectivity index (χ0v) is 16.1. The number of thioether (sulfide) groups is 1. The highest BCUT2D eigenvalue weighted by molar-refractivity contribution is 8.00. The van der Waals surface area contributed by atoms with Gasteiger partial charge >= 0.3 is 0 Å². The number of ether oxygens (including phenoxy) is 1. The number of nitrogen functional groups attached to an aromatic ring is 1. The van der Waals surface area contributed by atoms with Crippen LogP contribution in [0.1, 0.15) is 50.9 Å². The Bertz CT molecular complexity index is 755. The molecule has 140 valence electrons. The van der Waals surface area contributed by atoms with Crippen molar-refractivity contribution in [1.29, 1.82) is 0 Å². The molecule has 1 aromatic carbocycles. The molecule has 1 fully saturated rings. The summed E-state index contributed by atoms with van der Waals surface area (Å²) in [6, 6.07) is 8.31. The summed E-state index contributed by atoms with van der Waals surface area (Å²) in [5.41, 5.74) is 1.26. The Balaban J connectivity index is 1.55. The van der Waals surface area contributed by atoms with Gasteiger partial charge in [0, 0.05) is 6.04 Å². The van der Waals surface area contributed by atoms with Gasteiger partial charge in [-0.15, -0.1) is 10.2 Å².